The van der Waals surface area contributed by atoms with Gasteiger partial charge in [-0.2, -0.15) is 0 Å². The lowest BCUT2D eigenvalue weighted by Gasteiger charge is -2.27. The molecule has 0 saturated carbocycles. The van der Waals surface area contributed by atoms with Gasteiger partial charge in [0.05, 0.1) is 0 Å². The van der Waals surface area contributed by atoms with Crippen LogP contribution in [0.2, 0.25) is 0 Å². The van der Waals surface area contributed by atoms with Gasteiger partial charge in [0.1, 0.15) is 0 Å². The monoisotopic (exact) mass is 379 g/mol. The van der Waals surface area contributed by atoms with Crippen molar-refractivity contribution in [3.05, 3.63) is 70.8 Å². The topological polar surface area (TPSA) is 61.4 Å². The van der Waals surface area contributed by atoms with E-state index in [9.17, 15) is 9.59 Å². The number of hydrogen-bond donors (Lipinski definition) is 2. The molecule has 1 heterocycles. The lowest BCUT2D eigenvalue weighted by Crippen LogP contribution is -2.38. The molecule has 1 atom stereocenters. The van der Waals surface area contributed by atoms with E-state index in [1.165, 1.54) is 11.1 Å². The third-order valence-electron chi connectivity index (χ3n) is 5.19. The molecule has 28 heavy (non-hydrogen) atoms. The molecule has 5 nitrogen and oxygen atoms in total. The van der Waals surface area contributed by atoms with Crippen LogP contribution in [0.15, 0.2) is 48.5 Å². The summed E-state index contributed by atoms with van der Waals surface area (Å²) in [6.45, 7) is 5.82. The molecule has 0 spiro atoms. The number of nitrogens with one attached hydrogen (secondary N) is 2. The lowest BCUT2D eigenvalue weighted by molar-refractivity contribution is -0.133. The highest BCUT2D eigenvalue weighted by Crippen LogP contribution is 2.22. The standard InChI is InChI=1S/C23H29N3O2/c1-16(2)23(28)26(3)15-17-8-10-19(11-9-17)22(27)25-14-21-20-7-5-4-6-18(20)12-13-24-21/h4-11,16,21,24H,12-15H2,1-3H3,(H,25,27). The Balaban J connectivity index is 1.56. The third-order valence-corrected chi connectivity index (χ3v) is 5.19. The number of carbonyl (C=O) groups is 2. The van der Waals surface area contributed by atoms with Gasteiger partial charge in [-0.1, -0.05) is 50.2 Å². The van der Waals surface area contributed by atoms with Crippen LogP contribution in [-0.4, -0.2) is 36.9 Å². The van der Waals surface area contributed by atoms with Crippen LogP contribution in [-0.2, 0) is 17.8 Å². The van der Waals surface area contributed by atoms with Gasteiger partial charge in [0.15, 0.2) is 0 Å². The largest absolute Gasteiger partial charge is 0.350 e. The summed E-state index contributed by atoms with van der Waals surface area (Å²) in [4.78, 5) is 26.2. The number of hydrogen-bond acceptors (Lipinski definition) is 3. The van der Waals surface area contributed by atoms with Gasteiger partial charge in [-0.3, -0.25) is 9.59 Å². The molecule has 2 amide bonds. The molecule has 0 aromatic heterocycles. The first-order chi connectivity index (χ1) is 13.5. The second-order valence-corrected chi connectivity index (χ2v) is 7.71. The van der Waals surface area contributed by atoms with Crippen molar-refractivity contribution in [3.8, 4) is 0 Å². The van der Waals surface area contributed by atoms with E-state index in [4.69, 9.17) is 0 Å². The van der Waals surface area contributed by atoms with Crippen molar-refractivity contribution >= 4 is 11.8 Å². The van der Waals surface area contributed by atoms with Crippen LogP contribution in [0.1, 0.15) is 46.9 Å². The summed E-state index contributed by atoms with van der Waals surface area (Å²) in [6.07, 6.45) is 1.02. The molecule has 0 bridgehead atoms. The quantitative estimate of drug-likeness (QED) is 0.811. The van der Waals surface area contributed by atoms with Crippen molar-refractivity contribution in [1.29, 1.82) is 0 Å². The summed E-state index contributed by atoms with van der Waals surface area (Å²) in [6, 6.07) is 16.0. The summed E-state index contributed by atoms with van der Waals surface area (Å²) in [7, 11) is 1.80. The normalized spacial score (nSPS) is 15.8. The number of nitrogens with zero attached hydrogens (tertiary/aromatic N) is 1. The first-order valence-electron chi connectivity index (χ1n) is 9.89. The molecule has 0 radical (unpaired) electrons. The third kappa shape index (κ3) is 4.78. The Hall–Kier alpha value is -2.66. The van der Waals surface area contributed by atoms with E-state index in [-0.39, 0.29) is 23.8 Å². The predicted molar refractivity (Wildman–Crippen MR) is 111 cm³/mol. The molecular formula is C23H29N3O2. The fourth-order valence-corrected chi connectivity index (χ4v) is 3.63. The Morgan fingerprint density at radius 1 is 1.14 bits per heavy atom. The molecule has 2 N–H and O–H groups in total. The van der Waals surface area contributed by atoms with Gasteiger partial charge < -0.3 is 15.5 Å². The second-order valence-electron chi connectivity index (χ2n) is 7.71. The molecular weight excluding hydrogens is 350 g/mol. The van der Waals surface area contributed by atoms with Gasteiger partial charge in [0, 0.05) is 37.7 Å². The van der Waals surface area contributed by atoms with Crippen molar-refractivity contribution in [2.75, 3.05) is 20.1 Å². The Bertz CT molecular complexity index is 830. The van der Waals surface area contributed by atoms with Gasteiger partial charge in [0.25, 0.3) is 5.91 Å². The van der Waals surface area contributed by atoms with Gasteiger partial charge in [-0.25, -0.2) is 0 Å². The van der Waals surface area contributed by atoms with Crippen molar-refractivity contribution < 1.29 is 9.59 Å². The zero-order chi connectivity index (χ0) is 20.1. The first kappa shape index (κ1) is 20.1. The lowest BCUT2D eigenvalue weighted by atomic mass is 9.94. The molecule has 2 aromatic rings. The predicted octanol–water partition coefficient (Wildman–Crippen LogP) is 2.92. The summed E-state index contributed by atoms with van der Waals surface area (Å²) >= 11 is 0. The fraction of sp³-hybridized carbons (Fsp3) is 0.391. The van der Waals surface area contributed by atoms with E-state index in [0.29, 0.717) is 18.7 Å². The van der Waals surface area contributed by atoms with Gasteiger partial charge in [-0.15, -0.1) is 0 Å². The van der Waals surface area contributed by atoms with Crippen LogP contribution in [0.5, 0.6) is 0 Å². The first-order valence-corrected chi connectivity index (χ1v) is 9.89. The smallest absolute Gasteiger partial charge is 0.251 e. The van der Waals surface area contributed by atoms with Crippen LogP contribution in [0.25, 0.3) is 0 Å². The average Bonchev–Trinajstić information content (AvgIpc) is 2.71. The Morgan fingerprint density at radius 3 is 2.57 bits per heavy atom. The van der Waals surface area contributed by atoms with Gasteiger partial charge >= 0.3 is 0 Å². The Labute approximate surface area is 167 Å². The van der Waals surface area contributed by atoms with Crippen LogP contribution >= 0.6 is 0 Å². The van der Waals surface area contributed by atoms with E-state index in [1.807, 2.05) is 44.2 Å². The maximum Gasteiger partial charge on any atom is 0.251 e. The van der Waals surface area contributed by atoms with Gasteiger partial charge in [-0.05, 0) is 41.8 Å². The van der Waals surface area contributed by atoms with E-state index in [2.05, 4.69) is 28.8 Å². The van der Waals surface area contributed by atoms with Crippen LogP contribution in [0.3, 0.4) is 0 Å². The van der Waals surface area contributed by atoms with Crippen LogP contribution < -0.4 is 10.6 Å². The van der Waals surface area contributed by atoms with E-state index in [0.717, 1.165) is 18.5 Å². The number of rotatable bonds is 6. The fourth-order valence-electron chi connectivity index (χ4n) is 3.63. The summed E-state index contributed by atoms with van der Waals surface area (Å²) in [5.41, 5.74) is 4.26. The summed E-state index contributed by atoms with van der Waals surface area (Å²) < 4.78 is 0. The minimum Gasteiger partial charge on any atom is -0.350 e. The maximum absolute atomic E-state index is 12.5. The number of amides is 2. The number of carbonyl (C=O) groups excluding carboxylic acids is 2. The molecule has 1 aliphatic rings. The molecule has 5 heteroatoms. The molecule has 1 aliphatic heterocycles. The minimum absolute atomic E-state index is 0.0198. The molecule has 3 rings (SSSR count). The minimum atomic E-state index is -0.0805. The molecule has 2 aromatic carbocycles. The zero-order valence-corrected chi connectivity index (χ0v) is 16.9. The van der Waals surface area contributed by atoms with E-state index in [1.54, 1.807) is 11.9 Å². The second kappa shape index (κ2) is 9.02. The Kier molecular flexibility index (Phi) is 6.47. The highest BCUT2D eigenvalue weighted by atomic mass is 16.2. The molecule has 0 saturated heterocycles. The number of benzene rings is 2. The molecule has 148 valence electrons. The van der Waals surface area contributed by atoms with E-state index >= 15 is 0 Å². The van der Waals surface area contributed by atoms with Crippen molar-refractivity contribution in [1.82, 2.24) is 15.5 Å². The van der Waals surface area contributed by atoms with Crippen LogP contribution in [0, 0.1) is 5.92 Å². The van der Waals surface area contributed by atoms with E-state index < -0.39 is 0 Å². The SMILES string of the molecule is CC(C)C(=O)N(C)Cc1ccc(C(=O)NCC2NCCc3ccccc32)cc1. The zero-order valence-electron chi connectivity index (χ0n) is 16.9. The van der Waals surface area contributed by atoms with Crippen molar-refractivity contribution in [3.63, 3.8) is 0 Å². The summed E-state index contributed by atoms with van der Waals surface area (Å²) in [5, 5.41) is 6.52. The highest BCUT2D eigenvalue weighted by Gasteiger charge is 2.20. The average molecular weight is 380 g/mol. The van der Waals surface area contributed by atoms with Crippen molar-refractivity contribution in [2.45, 2.75) is 32.9 Å². The highest BCUT2D eigenvalue weighted by molar-refractivity contribution is 5.94. The molecule has 0 aliphatic carbocycles. The number of fused-ring (bicyclic) bond motifs is 1. The van der Waals surface area contributed by atoms with Crippen LogP contribution in [0.4, 0.5) is 0 Å². The summed E-state index contributed by atoms with van der Waals surface area (Å²) in [5.74, 6) is 0.0127. The maximum atomic E-state index is 12.5. The Morgan fingerprint density at radius 2 is 1.86 bits per heavy atom. The molecule has 0 fully saturated rings. The molecule has 1 unspecified atom stereocenters. The van der Waals surface area contributed by atoms with Gasteiger partial charge in [0.2, 0.25) is 5.91 Å². The van der Waals surface area contributed by atoms with Crippen molar-refractivity contribution in [2.24, 2.45) is 5.92 Å².